The van der Waals surface area contributed by atoms with Gasteiger partial charge in [-0.1, -0.05) is 30.4 Å². The van der Waals surface area contributed by atoms with Crippen LogP contribution in [0, 0.1) is 0 Å². The number of hydrogen-bond acceptors (Lipinski definition) is 1. The van der Waals surface area contributed by atoms with E-state index in [0.717, 1.165) is 5.56 Å². The van der Waals surface area contributed by atoms with Crippen LogP contribution in [0.15, 0.2) is 30.3 Å². The molecule has 0 heterocycles. The number of benzene rings is 1. The Morgan fingerprint density at radius 3 is 2.69 bits per heavy atom. The van der Waals surface area contributed by atoms with Gasteiger partial charge in [0.1, 0.15) is 0 Å². The van der Waals surface area contributed by atoms with Crippen molar-refractivity contribution >= 4 is 12.0 Å². The van der Waals surface area contributed by atoms with Crippen LogP contribution in [0.25, 0.3) is 6.08 Å². The molecule has 13 heavy (non-hydrogen) atoms. The first-order valence-corrected chi connectivity index (χ1v) is 4.23. The number of amides is 1. The van der Waals surface area contributed by atoms with Crippen LogP contribution in [-0.4, -0.2) is 13.0 Å². The highest BCUT2D eigenvalue weighted by atomic mass is 16.1. The maximum Gasteiger partial charge on any atom is 0.251 e. The van der Waals surface area contributed by atoms with Gasteiger partial charge in [0.2, 0.25) is 0 Å². The van der Waals surface area contributed by atoms with Crippen molar-refractivity contribution in [3.05, 3.63) is 41.5 Å². The molecular formula is C11H13NO. The highest BCUT2D eigenvalue weighted by Gasteiger charge is 2.05. The van der Waals surface area contributed by atoms with Crippen molar-refractivity contribution in [1.29, 1.82) is 0 Å². The molecule has 2 nitrogen and oxygen atoms in total. The third-order valence-corrected chi connectivity index (χ3v) is 1.78. The summed E-state index contributed by atoms with van der Waals surface area (Å²) in [5.41, 5.74) is 1.66. The first kappa shape index (κ1) is 9.52. The van der Waals surface area contributed by atoms with E-state index >= 15 is 0 Å². The molecule has 1 N–H and O–H groups in total. The normalized spacial score (nSPS) is 10.3. The molecule has 0 aliphatic heterocycles. The SMILES string of the molecule is C/C=C/c1ccccc1C(=O)NC. The van der Waals surface area contributed by atoms with Gasteiger partial charge in [-0.25, -0.2) is 0 Å². The number of rotatable bonds is 2. The number of carbonyl (C=O) groups is 1. The van der Waals surface area contributed by atoms with Crippen molar-refractivity contribution in [1.82, 2.24) is 5.32 Å². The van der Waals surface area contributed by atoms with E-state index in [9.17, 15) is 4.79 Å². The van der Waals surface area contributed by atoms with E-state index in [1.54, 1.807) is 7.05 Å². The number of carbonyl (C=O) groups excluding carboxylic acids is 1. The lowest BCUT2D eigenvalue weighted by atomic mass is 10.1. The summed E-state index contributed by atoms with van der Waals surface area (Å²) >= 11 is 0. The van der Waals surface area contributed by atoms with E-state index in [0.29, 0.717) is 5.56 Å². The summed E-state index contributed by atoms with van der Waals surface area (Å²) in [5, 5.41) is 2.61. The van der Waals surface area contributed by atoms with Crippen LogP contribution < -0.4 is 5.32 Å². The predicted molar refractivity (Wildman–Crippen MR) is 54.5 cm³/mol. The summed E-state index contributed by atoms with van der Waals surface area (Å²) in [6.45, 7) is 1.93. The highest BCUT2D eigenvalue weighted by Crippen LogP contribution is 2.10. The molecule has 1 aromatic carbocycles. The van der Waals surface area contributed by atoms with Gasteiger partial charge < -0.3 is 5.32 Å². The summed E-state index contributed by atoms with van der Waals surface area (Å²) < 4.78 is 0. The molecule has 2 heteroatoms. The zero-order chi connectivity index (χ0) is 9.68. The Hall–Kier alpha value is -1.57. The largest absolute Gasteiger partial charge is 0.355 e. The number of allylic oxidation sites excluding steroid dienone is 1. The van der Waals surface area contributed by atoms with E-state index in [2.05, 4.69) is 5.32 Å². The minimum Gasteiger partial charge on any atom is -0.355 e. The van der Waals surface area contributed by atoms with Crippen molar-refractivity contribution in [3.63, 3.8) is 0 Å². The molecule has 0 aliphatic rings. The van der Waals surface area contributed by atoms with Crippen molar-refractivity contribution in [3.8, 4) is 0 Å². The minimum atomic E-state index is -0.0475. The zero-order valence-corrected chi connectivity index (χ0v) is 7.87. The monoisotopic (exact) mass is 175 g/mol. The molecular weight excluding hydrogens is 162 g/mol. The van der Waals surface area contributed by atoms with E-state index in [4.69, 9.17) is 0 Å². The molecule has 0 spiro atoms. The van der Waals surface area contributed by atoms with E-state index in [1.807, 2.05) is 43.3 Å². The molecule has 0 aromatic heterocycles. The van der Waals surface area contributed by atoms with Crippen molar-refractivity contribution < 1.29 is 4.79 Å². The van der Waals surface area contributed by atoms with Gasteiger partial charge in [-0.2, -0.15) is 0 Å². The van der Waals surface area contributed by atoms with Crippen LogP contribution in [0.3, 0.4) is 0 Å². The Morgan fingerprint density at radius 2 is 2.08 bits per heavy atom. The van der Waals surface area contributed by atoms with Crippen LogP contribution in [0.1, 0.15) is 22.8 Å². The average molecular weight is 175 g/mol. The highest BCUT2D eigenvalue weighted by molar-refractivity contribution is 5.97. The van der Waals surface area contributed by atoms with Crippen molar-refractivity contribution in [2.75, 3.05) is 7.05 Å². The average Bonchev–Trinajstić information content (AvgIpc) is 2.18. The lowest BCUT2D eigenvalue weighted by Gasteiger charge is -2.03. The summed E-state index contributed by atoms with van der Waals surface area (Å²) in [4.78, 5) is 11.4. The standard InChI is InChI=1S/C11H13NO/c1-3-6-9-7-4-5-8-10(9)11(13)12-2/h3-8H,1-2H3,(H,12,13)/b6-3+. The van der Waals surface area contributed by atoms with E-state index < -0.39 is 0 Å². The predicted octanol–water partition coefficient (Wildman–Crippen LogP) is 2.08. The Morgan fingerprint density at radius 1 is 1.38 bits per heavy atom. The molecule has 1 rings (SSSR count). The molecule has 0 saturated carbocycles. The summed E-state index contributed by atoms with van der Waals surface area (Å²) in [6.07, 6.45) is 3.84. The summed E-state index contributed by atoms with van der Waals surface area (Å²) in [5.74, 6) is -0.0475. The molecule has 1 aromatic rings. The molecule has 0 saturated heterocycles. The fourth-order valence-corrected chi connectivity index (χ4v) is 1.16. The van der Waals surface area contributed by atoms with Gasteiger partial charge in [0.05, 0.1) is 0 Å². The molecule has 0 bridgehead atoms. The van der Waals surface area contributed by atoms with Crippen LogP contribution in [-0.2, 0) is 0 Å². The molecule has 0 aliphatic carbocycles. The lowest BCUT2D eigenvalue weighted by Crippen LogP contribution is -2.18. The van der Waals surface area contributed by atoms with E-state index in [-0.39, 0.29) is 5.91 Å². The van der Waals surface area contributed by atoms with E-state index in [1.165, 1.54) is 0 Å². The zero-order valence-electron chi connectivity index (χ0n) is 7.87. The Balaban J connectivity index is 3.11. The third-order valence-electron chi connectivity index (χ3n) is 1.78. The van der Waals surface area contributed by atoms with Crippen LogP contribution in [0.2, 0.25) is 0 Å². The molecule has 0 radical (unpaired) electrons. The topological polar surface area (TPSA) is 29.1 Å². The van der Waals surface area contributed by atoms with Crippen molar-refractivity contribution in [2.24, 2.45) is 0 Å². The fraction of sp³-hybridized carbons (Fsp3) is 0.182. The maximum atomic E-state index is 11.4. The first-order chi connectivity index (χ1) is 6.29. The van der Waals surface area contributed by atoms with Crippen LogP contribution in [0.4, 0.5) is 0 Å². The Labute approximate surface area is 78.3 Å². The third kappa shape index (κ3) is 2.18. The number of hydrogen-bond donors (Lipinski definition) is 1. The van der Waals surface area contributed by atoms with Gasteiger partial charge in [-0.15, -0.1) is 0 Å². The van der Waals surface area contributed by atoms with Crippen LogP contribution >= 0.6 is 0 Å². The van der Waals surface area contributed by atoms with Gasteiger partial charge in [0, 0.05) is 12.6 Å². The van der Waals surface area contributed by atoms with Crippen LogP contribution in [0.5, 0.6) is 0 Å². The molecule has 0 unspecified atom stereocenters. The first-order valence-electron chi connectivity index (χ1n) is 4.23. The van der Waals surface area contributed by atoms with Crippen molar-refractivity contribution in [2.45, 2.75) is 6.92 Å². The summed E-state index contributed by atoms with van der Waals surface area (Å²) in [6, 6.07) is 7.51. The smallest absolute Gasteiger partial charge is 0.251 e. The second-order valence-corrected chi connectivity index (χ2v) is 2.67. The lowest BCUT2D eigenvalue weighted by molar-refractivity contribution is 0.0963. The quantitative estimate of drug-likeness (QED) is 0.732. The maximum absolute atomic E-state index is 11.4. The van der Waals surface area contributed by atoms with Gasteiger partial charge in [0.15, 0.2) is 0 Å². The molecule has 0 atom stereocenters. The molecule has 68 valence electrons. The Bertz CT molecular complexity index is 329. The molecule has 1 amide bonds. The minimum absolute atomic E-state index is 0.0475. The number of nitrogens with one attached hydrogen (secondary N) is 1. The molecule has 0 fully saturated rings. The van der Waals surface area contributed by atoms with Gasteiger partial charge in [-0.3, -0.25) is 4.79 Å². The Kier molecular flexibility index (Phi) is 3.26. The summed E-state index contributed by atoms with van der Waals surface area (Å²) in [7, 11) is 1.63. The fourth-order valence-electron chi connectivity index (χ4n) is 1.16. The van der Waals surface area contributed by atoms with Gasteiger partial charge in [0.25, 0.3) is 5.91 Å². The van der Waals surface area contributed by atoms with Gasteiger partial charge >= 0.3 is 0 Å². The second kappa shape index (κ2) is 4.45. The van der Waals surface area contributed by atoms with Gasteiger partial charge in [-0.05, 0) is 18.6 Å². The second-order valence-electron chi connectivity index (χ2n) is 2.67.